The van der Waals surface area contributed by atoms with Crippen LogP contribution in [0, 0.1) is 19.8 Å². The zero-order chi connectivity index (χ0) is 20.0. The molecular formula is C19H30N2O5. The summed E-state index contributed by atoms with van der Waals surface area (Å²) >= 11 is 0. The number of esters is 1. The summed E-state index contributed by atoms with van der Waals surface area (Å²) in [5.74, 6) is -0.972. The molecule has 0 spiro atoms. The molecule has 1 rings (SSSR count). The van der Waals surface area contributed by atoms with Crippen molar-refractivity contribution in [1.29, 1.82) is 0 Å². The van der Waals surface area contributed by atoms with E-state index in [1.54, 1.807) is 53.3 Å². The standard InChI is InChI=1S/C19H30N2O5/c1-8-26-19(24)17-13(4)16(14(5)20(17)6)15(22)11-21(9-10-25-7)18(23)12(2)3/h12H,8-11H2,1-7H3. The molecule has 0 aliphatic rings. The van der Waals surface area contributed by atoms with Crippen LogP contribution in [0.2, 0.25) is 0 Å². The second-order valence-electron chi connectivity index (χ2n) is 6.54. The van der Waals surface area contributed by atoms with Crippen molar-refractivity contribution >= 4 is 17.7 Å². The number of rotatable bonds is 9. The second-order valence-corrected chi connectivity index (χ2v) is 6.54. The van der Waals surface area contributed by atoms with Gasteiger partial charge in [0.05, 0.1) is 19.8 Å². The van der Waals surface area contributed by atoms with Gasteiger partial charge in [0.25, 0.3) is 0 Å². The van der Waals surface area contributed by atoms with Crippen molar-refractivity contribution in [3.05, 3.63) is 22.5 Å². The summed E-state index contributed by atoms with van der Waals surface area (Å²) in [5, 5.41) is 0. The van der Waals surface area contributed by atoms with Gasteiger partial charge in [0.2, 0.25) is 5.91 Å². The van der Waals surface area contributed by atoms with Crippen molar-refractivity contribution in [3.63, 3.8) is 0 Å². The average molecular weight is 366 g/mol. The van der Waals surface area contributed by atoms with Crippen LogP contribution in [0.5, 0.6) is 0 Å². The van der Waals surface area contributed by atoms with Crippen molar-refractivity contribution < 1.29 is 23.9 Å². The molecular weight excluding hydrogens is 336 g/mol. The molecule has 0 aliphatic carbocycles. The molecule has 1 amide bonds. The first-order valence-corrected chi connectivity index (χ1v) is 8.81. The van der Waals surface area contributed by atoms with E-state index in [4.69, 9.17) is 9.47 Å². The Labute approximate surface area is 155 Å². The summed E-state index contributed by atoms with van der Waals surface area (Å²) in [5.41, 5.74) is 2.09. The van der Waals surface area contributed by atoms with E-state index in [-0.39, 0.29) is 30.8 Å². The Morgan fingerprint density at radius 3 is 2.31 bits per heavy atom. The van der Waals surface area contributed by atoms with Gasteiger partial charge in [0.1, 0.15) is 5.69 Å². The number of carbonyl (C=O) groups is 3. The van der Waals surface area contributed by atoms with Gasteiger partial charge < -0.3 is 18.9 Å². The van der Waals surface area contributed by atoms with Crippen LogP contribution in [0.3, 0.4) is 0 Å². The van der Waals surface area contributed by atoms with E-state index in [1.165, 1.54) is 4.90 Å². The number of amides is 1. The molecule has 0 radical (unpaired) electrons. The zero-order valence-corrected chi connectivity index (χ0v) is 16.8. The number of carbonyl (C=O) groups excluding carboxylic acids is 3. The molecule has 0 aromatic carbocycles. The normalized spacial score (nSPS) is 10.9. The first-order chi connectivity index (χ1) is 12.2. The Bertz CT molecular complexity index is 676. The summed E-state index contributed by atoms with van der Waals surface area (Å²) in [6, 6.07) is 0. The predicted molar refractivity (Wildman–Crippen MR) is 98.5 cm³/mol. The van der Waals surface area contributed by atoms with Crippen LogP contribution in [0.1, 0.15) is 52.9 Å². The molecule has 0 saturated heterocycles. The molecule has 0 bridgehead atoms. The highest BCUT2D eigenvalue weighted by Crippen LogP contribution is 2.23. The van der Waals surface area contributed by atoms with Crippen LogP contribution < -0.4 is 0 Å². The molecule has 26 heavy (non-hydrogen) atoms. The van der Waals surface area contributed by atoms with Gasteiger partial charge in [-0.3, -0.25) is 9.59 Å². The van der Waals surface area contributed by atoms with E-state index in [1.807, 2.05) is 0 Å². The number of Topliss-reactive ketones (excluding diaryl/α,β-unsaturated/α-hetero) is 1. The van der Waals surface area contributed by atoms with Gasteiger partial charge in [-0.2, -0.15) is 0 Å². The fourth-order valence-electron chi connectivity index (χ4n) is 2.96. The van der Waals surface area contributed by atoms with Gasteiger partial charge in [-0.25, -0.2) is 4.79 Å². The second kappa shape index (κ2) is 9.52. The monoisotopic (exact) mass is 366 g/mol. The number of methoxy groups -OCH3 is 1. The number of hydrogen-bond donors (Lipinski definition) is 0. The highest BCUT2D eigenvalue weighted by atomic mass is 16.5. The number of ether oxygens (including phenoxy) is 2. The summed E-state index contributed by atoms with van der Waals surface area (Å²) in [7, 11) is 3.28. The summed E-state index contributed by atoms with van der Waals surface area (Å²) in [4.78, 5) is 39.0. The third-order valence-electron chi connectivity index (χ3n) is 4.38. The summed E-state index contributed by atoms with van der Waals surface area (Å²) in [6.45, 7) is 9.76. The molecule has 1 aromatic rings. The van der Waals surface area contributed by atoms with Crippen LogP contribution >= 0.6 is 0 Å². The molecule has 146 valence electrons. The van der Waals surface area contributed by atoms with Gasteiger partial charge in [0, 0.05) is 37.9 Å². The maximum Gasteiger partial charge on any atom is 0.355 e. The molecule has 0 atom stereocenters. The average Bonchev–Trinajstić information content (AvgIpc) is 2.80. The smallest absolute Gasteiger partial charge is 0.355 e. The Hall–Kier alpha value is -2.15. The number of hydrogen-bond acceptors (Lipinski definition) is 5. The minimum absolute atomic E-state index is 0.0473. The van der Waals surface area contributed by atoms with Gasteiger partial charge >= 0.3 is 5.97 Å². The zero-order valence-electron chi connectivity index (χ0n) is 16.8. The van der Waals surface area contributed by atoms with Crippen LogP contribution in [0.25, 0.3) is 0 Å². The summed E-state index contributed by atoms with van der Waals surface area (Å²) < 4.78 is 11.8. The lowest BCUT2D eigenvalue weighted by molar-refractivity contribution is -0.134. The Morgan fingerprint density at radius 2 is 1.81 bits per heavy atom. The van der Waals surface area contributed by atoms with Crippen LogP contribution in [-0.2, 0) is 21.3 Å². The topological polar surface area (TPSA) is 77.8 Å². The molecule has 0 N–H and O–H groups in total. The molecule has 0 saturated carbocycles. The highest BCUT2D eigenvalue weighted by molar-refractivity contribution is 6.04. The third kappa shape index (κ3) is 4.72. The summed E-state index contributed by atoms with van der Waals surface area (Å²) in [6.07, 6.45) is 0. The Morgan fingerprint density at radius 1 is 1.19 bits per heavy atom. The maximum absolute atomic E-state index is 12.9. The lowest BCUT2D eigenvalue weighted by atomic mass is 10.0. The lowest BCUT2D eigenvalue weighted by Crippen LogP contribution is -2.40. The van der Waals surface area contributed by atoms with Crippen molar-refractivity contribution in [3.8, 4) is 0 Å². The largest absolute Gasteiger partial charge is 0.461 e. The van der Waals surface area contributed by atoms with Crippen LogP contribution in [-0.4, -0.2) is 60.5 Å². The van der Waals surface area contributed by atoms with Gasteiger partial charge in [-0.05, 0) is 26.3 Å². The van der Waals surface area contributed by atoms with Gasteiger partial charge in [-0.1, -0.05) is 13.8 Å². The van der Waals surface area contributed by atoms with E-state index in [0.717, 1.165) is 0 Å². The van der Waals surface area contributed by atoms with Crippen molar-refractivity contribution in [2.24, 2.45) is 13.0 Å². The van der Waals surface area contributed by atoms with Gasteiger partial charge in [-0.15, -0.1) is 0 Å². The Balaban J connectivity index is 3.17. The van der Waals surface area contributed by atoms with E-state index >= 15 is 0 Å². The molecule has 0 aliphatic heterocycles. The number of ketones is 1. The quantitative estimate of drug-likeness (QED) is 0.494. The third-order valence-corrected chi connectivity index (χ3v) is 4.38. The fourth-order valence-corrected chi connectivity index (χ4v) is 2.96. The van der Waals surface area contributed by atoms with Crippen molar-refractivity contribution in [1.82, 2.24) is 9.47 Å². The van der Waals surface area contributed by atoms with Crippen molar-refractivity contribution in [2.75, 3.05) is 33.4 Å². The van der Waals surface area contributed by atoms with E-state index in [9.17, 15) is 14.4 Å². The molecule has 7 nitrogen and oxygen atoms in total. The molecule has 0 unspecified atom stereocenters. The number of nitrogens with zero attached hydrogens (tertiary/aromatic N) is 2. The molecule has 1 heterocycles. The number of aromatic nitrogens is 1. The minimum Gasteiger partial charge on any atom is -0.461 e. The molecule has 1 aromatic heterocycles. The Kier molecular flexibility index (Phi) is 8.02. The fraction of sp³-hybridized carbons (Fsp3) is 0.632. The van der Waals surface area contributed by atoms with Crippen molar-refractivity contribution in [2.45, 2.75) is 34.6 Å². The van der Waals surface area contributed by atoms with Crippen LogP contribution in [0.15, 0.2) is 0 Å². The minimum atomic E-state index is -0.454. The van der Waals surface area contributed by atoms with Gasteiger partial charge in [0.15, 0.2) is 5.78 Å². The first-order valence-electron chi connectivity index (χ1n) is 8.81. The molecule has 7 heteroatoms. The van der Waals surface area contributed by atoms with E-state index in [0.29, 0.717) is 35.7 Å². The predicted octanol–water partition coefficient (Wildman–Crippen LogP) is 2.13. The van der Waals surface area contributed by atoms with E-state index in [2.05, 4.69) is 0 Å². The maximum atomic E-state index is 12.9. The van der Waals surface area contributed by atoms with E-state index < -0.39 is 5.97 Å². The first kappa shape index (κ1) is 21.9. The van der Waals surface area contributed by atoms with Crippen LogP contribution in [0.4, 0.5) is 0 Å². The lowest BCUT2D eigenvalue weighted by Gasteiger charge is -2.23. The highest BCUT2D eigenvalue weighted by Gasteiger charge is 2.28. The molecule has 0 fully saturated rings. The SMILES string of the molecule is CCOC(=O)c1c(C)c(C(=O)CN(CCOC)C(=O)C(C)C)c(C)n1C.